The number of methoxy groups -OCH3 is 1. The Morgan fingerprint density at radius 1 is 0.838 bits per heavy atom. The summed E-state index contributed by atoms with van der Waals surface area (Å²) < 4.78 is 61.2. The minimum atomic E-state index is -3.99. The lowest BCUT2D eigenvalue weighted by molar-refractivity contribution is 0.415. The van der Waals surface area contributed by atoms with Gasteiger partial charge < -0.3 is 14.5 Å². The summed E-state index contributed by atoms with van der Waals surface area (Å²) in [5.41, 5.74) is 2.61. The molecule has 1 saturated heterocycles. The zero-order chi connectivity index (χ0) is 26.6. The highest BCUT2D eigenvalue weighted by atomic mass is 32.2. The third kappa shape index (κ3) is 6.73. The molecular weight excluding hydrogens is 512 g/mol. The van der Waals surface area contributed by atoms with E-state index in [1.165, 1.54) is 6.07 Å². The smallest absolute Gasteiger partial charge is 0.243 e. The lowest BCUT2D eigenvalue weighted by Crippen LogP contribution is -2.47. The van der Waals surface area contributed by atoms with Gasteiger partial charge in [0.25, 0.3) is 0 Å². The normalized spacial score (nSPS) is 15.3. The molecule has 0 amide bonds. The average Bonchev–Trinajstić information content (AvgIpc) is 2.88. The maximum absolute atomic E-state index is 13.6. The van der Waals surface area contributed by atoms with Crippen LogP contribution in [0, 0.1) is 0 Å². The van der Waals surface area contributed by atoms with Crippen molar-refractivity contribution in [2.75, 3.05) is 54.1 Å². The van der Waals surface area contributed by atoms with Crippen LogP contribution < -0.4 is 24.0 Å². The highest BCUT2D eigenvalue weighted by Gasteiger charge is 2.27. The van der Waals surface area contributed by atoms with Gasteiger partial charge in [0.2, 0.25) is 20.0 Å². The number of rotatable bonds is 9. The number of sulfonamides is 2. The van der Waals surface area contributed by atoms with Crippen LogP contribution in [0.1, 0.15) is 18.5 Å². The number of ether oxygens (including phenoxy) is 1. The maximum atomic E-state index is 13.6. The molecule has 1 aliphatic heterocycles. The van der Waals surface area contributed by atoms with Gasteiger partial charge in [0.05, 0.1) is 19.1 Å². The van der Waals surface area contributed by atoms with Gasteiger partial charge in [0.1, 0.15) is 10.6 Å². The van der Waals surface area contributed by atoms with Crippen LogP contribution in [0.25, 0.3) is 0 Å². The molecule has 1 unspecified atom stereocenters. The molecule has 0 bridgehead atoms. The number of hydrogen-bond acceptors (Lipinski definition) is 7. The van der Waals surface area contributed by atoms with Crippen molar-refractivity contribution in [2.45, 2.75) is 17.9 Å². The van der Waals surface area contributed by atoms with Crippen molar-refractivity contribution < 1.29 is 21.6 Å². The Morgan fingerprint density at radius 3 is 2.05 bits per heavy atom. The van der Waals surface area contributed by atoms with Crippen molar-refractivity contribution in [2.24, 2.45) is 0 Å². The second-order valence-electron chi connectivity index (χ2n) is 8.98. The second-order valence-corrected chi connectivity index (χ2v) is 12.4. The van der Waals surface area contributed by atoms with E-state index in [4.69, 9.17) is 4.74 Å². The van der Waals surface area contributed by atoms with E-state index in [9.17, 15) is 16.8 Å². The summed E-state index contributed by atoms with van der Waals surface area (Å²) in [6, 6.07) is 21.3. The van der Waals surface area contributed by atoms with Crippen molar-refractivity contribution in [3.05, 3.63) is 78.4 Å². The van der Waals surface area contributed by atoms with Crippen molar-refractivity contribution >= 4 is 37.1 Å². The Labute approximate surface area is 219 Å². The van der Waals surface area contributed by atoms with Crippen LogP contribution in [0.4, 0.5) is 17.1 Å². The first-order valence-electron chi connectivity index (χ1n) is 11.9. The van der Waals surface area contributed by atoms with E-state index in [0.29, 0.717) is 31.9 Å². The first-order chi connectivity index (χ1) is 17.6. The molecule has 11 heteroatoms. The van der Waals surface area contributed by atoms with Crippen molar-refractivity contribution in [1.82, 2.24) is 4.72 Å². The molecule has 198 valence electrons. The van der Waals surface area contributed by atoms with Gasteiger partial charge in [-0.3, -0.25) is 4.72 Å². The average molecular weight is 545 g/mol. The van der Waals surface area contributed by atoms with Gasteiger partial charge >= 0.3 is 0 Å². The van der Waals surface area contributed by atoms with E-state index in [1.807, 2.05) is 59.5 Å². The zero-order valence-electron chi connectivity index (χ0n) is 21.1. The number of hydrogen-bond donors (Lipinski definition) is 2. The molecule has 9 nitrogen and oxygen atoms in total. The predicted octanol–water partition coefficient (Wildman–Crippen LogP) is 3.43. The van der Waals surface area contributed by atoms with Crippen LogP contribution in [-0.4, -0.2) is 56.4 Å². The molecule has 0 aromatic heterocycles. The maximum Gasteiger partial charge on any atom is 0.243 e. The highest BCUT2D eigenvalue weighted by molar-refractivity contribution is 7.92. The van der Waals surface area contributed by atoms with Gasteiger partial charge in [-0.25, -0.2) is 21.6 Å². The summed E-state index contributed by atoms with van der Waals surface area (Å²) in [4.78, 5) is 4.28. The summed E-state index contributed by atoms with van der Waals surface area (Å²) in [5.74, 6) is 0.789. The van der Waals surface area contributed by atoms with Crippen molar-refractivity contribution in [3.63, 3.8) is 0 Å². The molecular formula is C26H32N4O5S2. The fraction of sp³-hybridized carbons (Fsp3) is 0.308. The highest BCUT2D eigenvalue weighted by Crippen LogP contribution is 2.32. The van der Waals surface area contributed by atoms with Crippen LogP contribution in [0.15, 0.2) is 77.7 Å². The molecule has 2 N–H and O–H groups in total. The molecule has 1 atom stereocenters. The first-order valence-corrected chi connectivity index (χ1v) is 15.3. The number of piperazine rings is 1. The topological polar surface area (TPSA) is 108 Å². The van der Waals surface area contributed by atoms with Crippen molar-refractivity contribution in [3.8, 4) is 5.75 Å². The predicted molar refractivity (Wildman–Crippen MR) is 148 cm³/mol. The van der Waals surface area contributed by atoms with Crippen LogP contribution in [-0.2, 0) is 20.0 Å². The third-order valence-electron chi connectivity index (χ3n) is 6.24. The van der Waals surface area contributed by atoms with E-state index in [0.717, 1.165) is 23.3 Å². The minimum absolute atomic E-state index is 0.0295. The molecule has 4 rings (SSSR count). The monoisotopic (exact) mass is 544 g/mol. The quantitative estimate of drug-likeness (QED) is 0.425. The molecule has 3 aromatic rings. The van der Waals surface area contributed by atoms with Crippen molar-refractivity contribution in [1.29, 1.82) is 0 Å². The molecule has 3 aromatic carbocycles. The summed E-state index contributed by atoms with van der Waals surface area (Å²) in [5, 5.41) is 0. The number of nitrogens with one attached hydrogen (secondary N) is 2. The van der Waals surface area contributed by atoms with E-state index >= 15 is 0 Å². The van der Waals surface area contributed by atoms with E-state index < -0.39 is 26.1 Å². The Hall–Kier alpha value is -3.28. The molecule has 1 aliphatic rings. The molecule has 0 spiro atoms. The zero-order valence-corrected chi connectivity index (χ0v) is 22.7. The Bertz CT molecular complexity index is 1420. The molecule has 37 heavy (non-hydrogen) atoms. The summed E-state index contributed by atoms with van der Waals surface area (Å²) in [7, 11) is -5.94. The Morgan fingerprint density at radius 2 is 1.46 bits per heavy atom. The molecule has 1 fully saturated rings. The lowest BCUT2D eigenvalue weighted by atomic mass is 10.1. The first kappa shape index (κ1) is 26.8. The van der Waals surface area contributed by atoms with E-state index in [2.05, 4.69) is 14.3 Å². The Balaban J connectivity index is 1.60. The van der Waals surface area contributed by atoms with Gasteiger partial charge in [-0.15, -0.1) is 0 Å². The number of benzene rings is 3. The van der Waals surface area contributed by atoms with Crippen LogP contribution in [0.3, 0.4) is 0 Å². The SMILES string of the molecule is COc1ccc(N2CCN(c3ccc(NS(C)(=O)=O)cc3S(=O)(=O)NC(C)c3ccccc3)CC2)cc1. The molecule has 1 heterocycles. The molecule has 0 radical (unpaired) electrons. The standard InChI is InChI=1S/C26H32N4O5S2/c1-20(21-7-5-4-6-8-21)27-37(33,34)26-19-22(28-36(3,31)32)9-14-25(26)30-17-15-29(16-18-30)23-10-12-24(35-2)13-11-23/h4-14,19-20,27-28H,15-18H2,1-3H3. The van der Waals surface area contributed by atoms with Gasteiger partial charge in [-0.1, -0.05) is 30.3 Å². The van der Waals surface area contributed by atoms with Gasteiger partial charge in [0.15, 0.2) is 0 Å². The molecule has 0 saturated carbocycles. The second kappa shape index (κ2) is 11.0. The fourth-order valence-corrected chi connectivity index (χ4v) is 6.41. The fourth-order valence-electron chi connectivity index (χ4n) is 4.37. The van der Waals surface area contributed by atoms with E-state index in [-0.39, 0.29) is 10.6 Å². The van der Waals surface area contributed by atoms with E-state index in [1.54, 1.807) is 26.2 Å². The number of nitrogens with zero attached hydrogens (tertiary/aromatic N) is 2. The summed E-state index contributed by atoms with van der Waals surface area (Å²) in [6.45, 7) is 4.37. The van der Waals surface area contributed by atoms with Crippen LogP contribution in [0.5, 0.6) is 5.75 Å². The molecule has 0 aliphatic carbocycles. The largest absolute Gasteiger partial charge is 0.497 e. The third-order valence-corrected chi connectivity index (χ3v) is 8.42. The van der Waals surface area contributed by atoms with Gasteiger partial charge in [-0.05, 0) is 55.0 Å². The van der Waals surface area contributed by atoms with Gasteiger partial charge in [0, 0.05) is 43.6 Å². The number of anilines is 3. The lowest BCUT2D eigenvalue weighted by Gasteiger charge is -2.38. The Kier molecular flexibility index (Phi) is 7.96. The van der Waals surface area contributed by atoms with Crippen LogP contribution in [0.2, 0.25) is 0 Å². The minimum Gasteiger partial charge on any atom is -0.497 e. The van der Waals surface area contributed by atoms with Crippen LogP contribution >= 0.6 is 0 Å². The summed E-state index contributed by atoms with van der Waals surface area (Å²) >= 11 is 0. The summed E-state index contributed by atoms with van der Waals surface area (Å²) in [6.07, 6.45) is 1.03. The van der Waals surface area contributed by atoms with Gasteiger partial charge in [-0.2, -0.15) is 0 Å².